The number of hydrogen-bond donors (Lipinski definition) is 1. The van der Waals surface area contributed by atoms with Crippen LogP contribution in [0.2, 0.25) is 10.0 Å². The van der Waals surface area contributed by atoms with E-state index in [1.54, 1.807) is 0 Å². The maximum absolute atomic E-state index is 13.1. The first-order valence-corrected chi connectivity index (χ1v) is 12.8. The summed E-state index contributed by atoms with van der Waals surface area (Å²) in [6.45, 7) is 2.61. The maximum atomic E-state index is 13.1. The van der Waals surface area contributed by atoms with E-state index in [2.05, 4.69) is 5.32 Å². The predicted octanol–water partition coefficient (Wildman–Crippen LogP) is 6.67. The van der Waals surface area contributed by atoms with Crippen molar-refractivity contribution in [3.63, 3.8) is 0 Å². The summed E-state index contributed by atoms with van der Waals surface area (Å²) in [5.41, 5.74) is 5.00. The second-order valence-corrected chi connectivity index (χ2v) is 9.92. The minimum atomic E-state index is -0.441. The molecule has 0 radical (unpaired) electrons. The number of ether oxygens (including phenoxy) is 2. The van der Waals surface area contributed by atoms with Gasteiger partial charge in [0.1, 0.15) is 6.61 Å². The van der Waals surface area contributed by atoms with Crippen LogP contribution in [-0.4, -0.2) is 18.2 Å². The Balaban J connectivity index is 1.56. The summed E-state index contributed by atoms with van der Waals surface area (Å²) in [5.74, 6) is 0.674. The third-order valence-corrected chi connectivity index (χ3v) is 7.29. The Morgan fingerprint density at radius 1 is 0.886 bits per heavy atom. The number of hydrogen-bond acceptors (Lipinski definition) is 5. The van der Waals surface area contributed by atoms with Crippen molar-refractivity contribution in [1.82, 2.24) is 5.32 Å². The second-order valence-electron chi connectivity index (χ2n) is 9.07. The molecule has 0 spiro atoms. The highest BCUT2D eigenvalue weighted by Gasteiger charge is 2.40. The molecule has 182 valence electrons. The van der Waals surface area contributed by atoms with Crippen LogP contribution in [0.3, 0.4) is 0 Å². The van der Waals surface area contributed by atoms with E-state index < -0.39 is 5.92 Å². The lowest BCUT2D eigenvalue weighted by molar-refractivity contribution is -0.116. The lowest BCUT2D eigenvalue weighted by atomic mass is 9.71. The third kappa shape index (κ3) is 4.72. The number of allylic oxidation sites excluding steroid dienone is 4. The summed E-state index contributed by atoms with van der Waals surface area (Å²) < 4.78 is 12.0. The van der Waals surface area contributed by atoms with E-state index in [-0.39, 0.29) is 11.6 Å². The average molecular weight is 512 g/mol. The van der Waals surface area contributed by atoms with Crippen LogP contribution >= 0.6 is 23.2 Å². The van der Waals surface area contributed by atoms with Gasteiger partial charge >= 0.3 is 0 Å². The maximum Gasteiger partial charge on any atom is 0.180 e. The van der Waals surface area contributed by atoms with E-state index in [1.807, 2.05) is 43.3 Å². The minimum absolute atomic E-state index is 0.0887. The van der Waals surface area contributed by atoms with Gasteiger partial charge in [0, 0.05) is 46.3 Å². The zero-order valence-corrected chi connectivity index (χ0v) is 21.1. The van der Waals surface area contributed by atoms with Gasteiger partial charge in [0.2, 0.25) is 0 Å². The highest BCUT2D eigenvalue weighted by Crippen LogP contribution is 2.48. The van der Waals surface area contributed by atoms with Gasteiger partial charge in [-0.2, -0.15) is 0 Å². The summed E-state index contributed by atoms with van der Waals surface area (Å²) in [5, 5.41) is 4.49. The van der Waals surface area contributed by atoms with Crippen LogP contribution in [-0.2, 0) is 16.2 Å². The van der Waals surface area contributed by atoms with Crippen molar-refractivity contribution in [2.45, 2.75) is 58.0 Å². The van der Waals surface area contributed by atoms with Gasteiger partial charge in [-0.1, -0.05) is 35.3 Å². The van der Waals surface area contributed by atoms with Gasteiger partial charge in [-0.3, -0.25) is 9.59 Å². The van der Waals surface area contributed by atoms with Crippen LogP contribution < -0.4 is 14.8 Å². The first-order valence-electron chi connectivity index (χ1n) is 12.1. The summed E-state index contributed by atoms with van der Waals surface area (Å²) >= 11 is 12.7. The molecule has 5 nitrogen and oxygen atoms in total. The van der Waals surface area contributed by atoms with Gasteiger partial charge < -0.3 is 14.8 Å². The van der Waals surface area contributed by atoms with Gasteiger partial charge in [0.15, 0.2) is 23.1 Å². The largest absolute Gasteiger partial charge is 0.490 e. The highest BCUT2D eigenvalue weighted by molar-refractivity contribution is 6.32. The number of carbonyl (C=O) groups excluding carboxylic acids is 2. The van der Waals surface area contributed by atoms with Crippen LogP contribution in [0.25, 0.3) is 0 Å². The van der Waals surface area contributed by atoms with Crippen LogP contribution in [0.15, 0.2) is 58.9 Å². The van der Waals surface area contributed by atoms with Crippen molar-refractivity contribution in [3.05, 3.63) is 80.1 Å². The molecule has 7 heteroatoms. The van der Waals surface area contributed by atoms with E-state index in [0.717, 1.165) is 48.2 Å². The van der Waals surface area contributed by atoms with Gasteiger partial charge in [-0.05, 0) is 68.0 Å². The standard InChI is InChI=1S/C28H27Cl2NO4/c1-2-34-24-14-17(13-19(30)28(24)35-15-16-9-11-18(29)12-10-16)25-26-20(5-3-7-22(26)32)31-21-6-4-8-23(33)27(21)25/h9-14,25,31H,2-8,15H2,1H3. The molecule has 2 aromatic rings. The monoisotopic (exact) mass is 511 g/mol. The molecule has 2 aromatic carbocycles. The zero-order chi connectivity index (χ0) is 24.5. The topological polar surface area (TPSA) is 64.6 Å². The molecule has 0 atom stereocenters. The fourth-order valence-corrected chi connectivity index (χ4v) is 5.61. The van der Waals surface area contributed by atoms with Crippen molar-refractivity contribution in [3.8, 4) is 11.5 Å². The normalized spacial score (nSPS) is 18.3. The van der Waals surface area contributed by atoms with E-state index in [9.17, 15) is 9.59 Å². The van der Waals surface area contributed by atoms with Gasteiger partial charge in [0.25, 0.3) is 0 Å². The van der Waals surface area contributed by atoms with Crippen LogP contribution in [0.1, 0.15) is 62.5 Å². The number of ketones is 2. The fraction of sp³-hybridized carbons (Fsp3) is 0.357. The average Bonchev–Trinajstić information content (AvgIpc) is 2.84. The summed E-state index contributed by atoms with van der Waals surface area (Å²) in [6.07, 6.45) is 4.21. The molecule has 0 aromatic heterocycles. The Hall–Kier alpha value is -2.76. The molecular formula is C28H27Cl2NO4. The summed E-state index contributed by atoms with van der Waals surface area (Å²) in [7, 11) is 0. The summed E-state index contributed by atoms with van der Waals surface area (Å²) in [6, 6.07) is 11.1. The van der Waals surface area contributed by atoms with E-state index in [4.69, 9.17) is 32.7 Å². The molecule has 0 saturated heterocycles. The molecule has 0 saturated carbocycles. The van der Waals surface area contributed by atoms with E-state index in [0.29, 0.717) is 58.7 Å². The third-order valence-electron chi connectivity index (χ3n) is 6.75. The van der Waals surface area contributed by atoms with Crippen molar-refractivity contribution in [2.24, 2.45) is 0 Å². The minimum Gasteiger partial charge on any atom is -0.490 e. The number of carbonyl (C=O) groups is 2. The molecule has 0 unspecified atom stereocenters. The smallest absolute Gasteiger partial charge is 0.180 e. The number of Topliss-reactive ketones (excluding diaryl/α,β-unsaturated/α-hetero) is 2. The van der Waals surface area contributed by atoms with Gasteiger partial charge in [0.05, 0.1) is 11.6 Å². The lowest BCUT2D eigenvalue weighted by Crippen LogP contribution is -2.36. The van der Waals surface area contributed by atoms with Crippen LogP contribution in [0.5, 0.6) is 11.5 Å². The molecule has 2 aliphatic carbocycles. The molecule has 1 heterocycles. The van der Waals surface area contributed by atoms with E-state index >= 15 is 0 Å². The number of halogens is 2. The summed E-state index contributed by atoms with van der Waals surface area (Å²) in [4.78, 5) is 26.2. The number of nitrogens with one attached hydrogen (secondary N) is 1. The predicted molar refractivity (Wildman–Crippen MR) is 136 cm³/mol. The van der Waals surface area contributed by atoms with E-state index in [1.165, 1.54) is 0 Å². The molecule has 5 rings (SSSR count). The molecule has 1 N–H and O–H groups in total. The van der Waals surface area contributed by atoms with Crippen molar-refractivity contribution in [1.29, 1.82) is 0 Å². The lowest BCUT2D eigenvalue weighted by Gasteiger charge is -2.37. The number of rotatable bonds is 6. The van der Waals surface area contributed by atoms with Crippen molar-refractivity contribution < 1.29 is 19.1 Å². The Labute approximate surface area is 215 Å². The quantitative estimate of drug-likeness (QED) is 0.468. The van der Waals surface area contributed by atoms with Crippen LogP contribution in [0.4, 0.5) is 0 Å². The fourth-order valence-electron chi connectivity index (χ4n) is 5.21. The molecule has 1 aliphatic heterocycles. The zero-order valence-electron chi connectivity index (χ0n) is 19.6. The molecule has 3 aliphatic rings. The Morgan fingerprint density at radius 3 is 2.11 bits per heavy atom. The Bertz CT molecular complexity index is 1200. The molecular weight excluding hydrogens is 485 g/mol. The SMILES string of the molecule is CCOc1cc(C2C3=C(CCCC3=O)NC3=C2C(=O)CCC3)cc(Cl)c1OCc1ccc(Cl)cc1. The molecule has 0 bridgehead atoms. The number of benzene rings is 2. The molecule has 35 heavy (non-hydrogen) atoms. The first-order chi connectivity index (χ1) is 17.0. The van der Waals surface area contributed by atoms with Crippen molar-refractivity contribution >= 4 is 34.8 Å². The first kappa shape index (κ1) is 24.0. The Morgan fingerprint density at radius 2 is 1.51 bits per heavy atom. The molecule has 0 amide bonds. The van der Waals surface area contributed by atoms with Gasteiger partial charge in [-0.15, -0.1) is 0 Å². The second kappa shape index (κ2) is 10.1. The highest BCUT2D eigenvalue weighted by atomic mass is 35.5. The van der Waals surface area contributed by atoms with Gasteiger partial charge in [-0.25, -0.2) is 0 Å². The van der Waals surface area contributed by atoms with Crippen LogP contribution in [0, 0.1) is 0 Å². The van der Waals surface area contributed by atoms with Crippen molar-refractivity contribution in [2.75, 3.05) is 6.61 Å². The Kier molecular flexibility index (Phi) is 6.90. The number of dihydropyridines is 1. The molecule has 0 fully saturated rings.